The first kappa shape index (κ1) is 15.9. The van der Waals surface area contributed by atoms with Crippen molar-refractivity contribution in [2.75, 3.05) is 17.2 Å². The molecule has 0 saturated carbocycles. The number of benzene rings is 2. The predicted molar refractivity (Wildman–Crippen MR) is 92.3 cm³/mol. The van der Waals surface area contributed by atoms with Gasteiger partial charge in [-0.05, 0) is 64.8 Å². The second-order valence-corrected chi connectivity index (χ2v) is 5.85. The highest BCUT2D eigenvalue weighted by Gasteiger charge is 2.07. The molecule has 0 aliphatic heterocycles. The maximum Gasteiger partial charge on any atom is 0.255 e. The van der Waals surface area contributed by atoms with E-state index in [-0.39, 0.29) is 5.91 Å². The Bertz CT molecular complexity index is 629. The Balaban J connectivity index is 2.04. The van der Waals surface area contributed by atoms with Crippen LogP contribution in [0.5, 0.6) is 0 Å². The number of nitrogens with one attached hydrogen (secondary N) is 2. The first-order valence-corrected chi connectivity index (χ1v) is 7.87. The van der Waals surface area contributed by atoms with Crippen LogP contribution in [0, 0.1) is 0 Å². The van der Waals surface area contributed by atoms with Crippen molar-refractivity contribution in [3.63, 3.8) is 0 Å². The molecule has 0 radical (unpaired) electrons. The van der Waals surface area contributed by atoms with Gasteiger partial charge in [0, 0.05) is 28.0 Å². The first-order valence-electron chi connectivity index (χ1n) is 6.70. The van der Waals surface area contributed by atoms with E-state index in [1.54, 1.807) is 30.3 Å². The zero-order valence-electron chi connectivity index (χ0n) is 11.6. The van der Waals surface area contributed by atoms with Crippen LogP contribution >= 0.6 is 27.5 Å². The summed E-state index contributed by atoms with van der Waals surface area (Å²) < 4.78 is 0.800. The lowest BCUT2D eigenvalue weighted by Crippen LogP contribution is -2.12. The molecule has 0 heterocycles. The molecule has 21 heavy (non-hydrogen) atoms. The molecule has 0 atom stereocenters. The van der Waals surface area contributed by atoms with Gasteiger partial charge in [0.25, 0.3) is 5.91 Å². The lowest BCUT2D eigenvalue weighted by atomic mass is 10.2. The molecule has 110 valence electrons. The van der Waals surface area contributed by atoms with E-state index in [1.165, 1.54) is 0 Å². The van der Waals surface area contributed by atoms with E-state index in [9.17, 15) is 4.79 Å². The summed E-state index contributed by atoms with van der Waals surface area (Å²) in [5, 5.41) is 6.66. The molecule has 3 nitrogen and oxygen atoms in total. The standard InChI is InChI=1S/C16H16BrClN2O/c1-2-9-19-12-5-3-11(4-6-12)16(21)20-13-7-8-14(17)15(18)10-13/h3-8,10,19H,2,9H2,1H3,(H,20,21). The van der Waals surface area contributed by atoms with E-state index < -0.39 is 0 Å². The maximum atomic E-state index is 12.1. The minimum absolute atomic E-state index is 0.157. The summed E-state index contributed by atoms with van der Waals surface area (Å²) in [7, 11) is 0. The predicted octanol–water partition coefficient (Wildman–Crippen LogP) is 5.18. The number of carbonyl (C=O) groups excluding carboxylic acids is 1. The Morgan fingerprint density at radius 1 is 1.14 bits per heavy atom. The minimum Gasteiger partial charge on any atom is -0.385 e. The van der Waals surface area contributed by atoms with Crippen molar-refractivity contribution in [1.29, 1.82) is 0 Å². The summed E-state index contributed by atoms with van der Waals surface area (Å²) in [5.41, 5.74) is 2.29. The number of hydrogen-bond acceptors (Lipinski definition) is 2. The molecular formula is C16H16BrClN2O. The average Bonchev–Trinajstić information content (AvgIpc) is 2.49. The number of amides is 1. The normalized spacial score (nSPS) is 10.2. The van der Waals surface area contributed by atoms with E-state index >= 15 is 0 Å². The smallest absolute Gasteiger partial charge is 0.255 e. The van der Waals surface area contributed by atoms with E-state index in [2.05, 4.69) is 33.5 Å². The Kier molecular flexibility index (Phi) is 5.65. The lowest BCUT2D eigenvalue weighted by molar-refractivity contribution is 0.102. The SMILES string of the molecule is CCCNc1ccc(C(=O)Nc2ccc(Br)c(Cl)c2)cc1. The fourth-order valence-corrected chi connectivity index (χ4v) is 2.21. The van der Waals surface area contributed by atoms with Gasteiger partial charge in [0.05, 0.1) is 5.02 Å². The number of anilines is 2. The van der Waals surface area contributed by atoms with Crippen LogP contribution in [0.25, 0.3) is 0 Å². The molecule has 0 spiro atoms. The maximum absolute atomic E-state index is 12.1. The third-order valence-corrected chi connectivity index (χ3v) is 4.14. The van der Waals surface area contributed by atoms with Crippen LogP contribution < -0.4 is 10.6 Å². The van der Waals surface area contributed by atoms with E-state index in [0.29, 0.717) is 16.3 Å². The Labute approximate surface area is 137 Å². The van der Waals surface area contributed by atoms with Crippen LogP contribution in [0.3, 0.4) is 0 Å². The van der Waals surface area contributed by atoms with E-state index in [4.69, 9.17) is 11.6 Å². The summed E-state index contributed by atoms with van der Waals surface area (Å²) in [6.07, 6.45) is 1.06. The second-order valence-electron chi connectivity index (χ2n) is 4.59. The monoisotopic (exact) mass is 366 g/mol. The molecule has 0 unspecified atom stereocenters. The van der Waals surface area contributed by atoms with Crippen molar-refractivity contribution in [1.82, 2.24) is 0 Å². The van der Waals surface area contributed by atoms with Gasteiger partial charge in [0.15, 0.2) is 0 Å². The van der Waals surface area contributed by atoms with Crippen LogP contribution in [-0.2, 0) is 0 Å². The Morgan fingerprint density at radius 2 is 1.81 bits per heavy atom. The number of rotatable bonds is 5. The zero-order chi connectivity index (χ0) is 15.2. The third kappa shape index (κ3) is 4.48. The largest absolute Gasteiger partial charge is 0.385 e. The van der Waals surface area contributed by atoms with Crippen molar-refractivity contribution in [3.05, 3.63) is 57.5 Å². The van der Waals surface area contributed by atoms with Crippen LogP contribution in [0.1, 0.15) is 23.7 Å². The summed E-state index contributed by atoms with van der Waals surface area (Å²) in [5.74, 6) is -0.157. The summed E-state index contributed by atoms with van der Waals surface area (Å²) >= 11 is 9.32. The fourth-order valence-electron chi connectivity index (χ4n) is 1.79. The summed E-state index contributed by atoms with van der Waals surface area (Å²) in [6.45, 7) is 3.03. The fraction of sp³-hybridized carbons (Fsp3) is 0.188. The molecule has 2 N–H and O–H groups in total. The van der Waals surface area contributed by atoms with Crippen LogP contribution in [-0.4, -0.2) is 12.5 Å². The highest BCUT2D eigenvalue weighted by atomic mass is 79.9. The first-order chi connectivity index (χ1) is 10.1. The van der Waals surface area contributed by atoms with Crippen LogP contribution in [0.2, 0.25) is 5.02 Å². The van der Waals surface area contributed by atoms with Gasteiger partial charge in [-0.1, -0.05) is 18.5 Å². The van der Waals surface area contributed by atoms with Gasteiger partial charge < -0.3 is 10.6 Å². The van der Waals surface area contributed by atoms with Gasteiger partial charge in [0.2, 0.25) is 0 Å². The van der Waals surface area contributed by atoms with Gasteiger partial charge in [-0.2, -0.15) is 0 Å². The third-order valence-electron chi connectivity index (χ3n) is 2.90. The zero-order valence-corrected chi connectivity index (χ0v) is 14.0. The van der Waals surface area contributed by atoms with Crippen molar-refractivity contribution >= 4 is 44.8 Å². The molecule has 0 aliphatic carbocycles. The van der Waals surface area contributed by atoms with E-state index in [1.807, 2.05) is 12.1 Å². The highest BCUT2D eigenvalue weighted by Crippen LogP contribution is 2.25. The van der Waals surface area contributed by atoms with Crippen molar-refractivity contribution in [2.45, 2.75) is 13.3 Å². The van der Waals surface area contributed by atoms with Gasteiger partial charge in [-0.3, -0.25) is 4.79 Å². The van der Waals surface area contributed by atoms with Crippen molar-refractivity contribution in [2.24, 2.45) is 0 Å². The molecule has 2 rings (SSSR count). The van der Waals surface area contributed by atoms with Gasteiger partial charge in [0.1, 0.15) is 0 Å². The lowest BCUT2D eigenvalue weighted by Gasteiger charge is -2.08. The molecule has 0 fully saturated rings. The Morgan fingerprint density at radius 3 is 2.43 bits per heavy atom. The van der Waals surface area contributed by atoms with Gasteiger partial charge >= 0.3 is 0 Å². The average molecular weight is 368 g/mol. The van der Waals surface area contributed by atoms with Crippen molar-refractivity contribution < 1.29 is 4.79 Å². The highest BCUT2D eigenvalue weighted by molar-refractivity contribution is 9.10. The molecule has 2 aromatic carbocycles. The quantitative estimate of drug-likeness (QED) is 0.765. The number of halogens is 2. The Hall–Kier alpha value is -1.52. The van der Waals surface area contributed by atoms with Gasteiger partial charge in [-0.15, -0.1) is 0 Å². The molecule has 0 aliphatic rings. The summed E-state index contributed by atoms with van der Waals surface area (Å²) in [4.78, 5) is 12.1. The number of hydrogen-bond donors (Lipinski definition) is 2. The minimum atomic E-state index is -0.157. The summed E-state index contributed by atoms with van der Waals surface area (Å²) in [6, 6.07) is 12.7. The molecule has 2 aromatic rings. The second kappa shape index (κ2) is 7.48. The van der Waals surface area contributed by atoms with Crippen LogP contribution in [0.15, 0.2) is 46.9 Å². The molecule has 0 saturated heterocycles. The van der Waals surface area contributed by atoms with Gasteiger partial charge in [-0.25, -0.2) is 0 Å². The molecule has 0 bridgehead atoms. The van der Waals surface area contributed by atoms with Crippen molar-refractivity contribution in [3.8, 4) is 0 Å². The molecule has 1 amide bonds. The van der Waals surface area contributed by atoms with Crippen LogP contribution in [0.4, 0.5) is 11.4 Å². The van der Waals surface area contributed by atoms with E-state index in [0.717, 1.165) is 23.1 Å². The number of carbonyl (C=O) groups is 1. The topological polar surface area (TPSA) is 41.1 Å². The molecule has 0 aromatic heterocycles. The molecule has 5 heteroatoms. The molecular weight excluding hydrogens is 352 g/mol.